The number of nitrogens with zero attached hydrogens (tertiary/aromatic N) is 1. The fourth-order valence-electron chi connectivity index (χ4n) is 2.63. The number of carbonyl (C=O) groups excluding carboxylic acids is 5. The van der Waals surface area contributed by atoms with Gasteiger partial charge in [-0.1, -0.05) is 0 Å². The lowest BCUT2D eigenvalue weighted by atomic mass is 10.1. The fourth-order valence-corrected chi connectivity index (χ4v) is 2.63. The van der Waals surface area contributed by atoms with E-state index in [0.717, 1.165) is 0 Å². The summed E-state index contributed by atoms with van der Waals surface area (Å²) in [6.07, 6.45) is 1.80. The zero-order valence-electron chi connectivity index (χ0n) is 17.9. The van der Waals surface area contributed by atoms with Crippen LogP contribution >= 0.6 is 0 Å². The van der Waals surface area contributed by atoms with Crippen molar-refractivity contribution < 1.29 is 33.9 Å². The van der Waals surface area contributed by atoms with Gasteiger partial charge in [-0.25, -0.2) is 9.78 Å². The second-order valence-electron chi connectivity index (χ2n) is 7.25. The van der Waals surface area contributed by atoms with Crippen LogP contribution in [0.15, 0.2) is 12.5 Å². The molecular weight excluding hydrogens is 440 g/mol. The summed E-state index contributed by atoms with van der Waals surface area (Å²) in [6.45, 7) is 1.30. The first-order valence-corrected chi connectivity index (χ1v) is 9.84. The molecule has 0 aliphatic rings. The van der Waals surface area contributed by atoms with Crippen LogP contribution in [-0.4, -0.2) is 74.7 Å². The zero-order valence-corrected chi connectivity index (χ0v) is 17.9. The summed E-state index contributed by atoms with van der Waals surface area (Å²) in [5.41, 5.74) is 16.1. The molecule has 0 fully saturated rings. The molecule has 0 aliphatic carbocycles. The van der Waals surface area contributed by atoms with E-state index in [4.69, 9.17) is 17.2 Å². The molecule has 0 aromatic carbocycles. The number of aromatic nitrogens is 2. The number of aromatic amines is 1. The maximum Gasteiger partial charge on any atom is 0.326 e. The maximum absolute atomic E-state index is 12.7. The Morgan fingerprint density at radius 3 is 2.15 bits per heavy atom. The summed E-state index contributed by atoms with van der Waals surface area (Å²) in [6, 6.07) is -5.09. The Morgan fingerprint density at radius 2 is 1.64 bits per heavy atom. The number of carboxylic acids is 1. The summed E-state index contributed by atoms with van der Waals surface area (Å²) in [5, 5.41) is 16.2. The Labute approximate surface area is 188 Å². The first-order chi connectivity index (χ1) is 15.4. The van der Waals surface area contributed by atoms with Gasteiger partial charge in [0.1, 0.15) is 18.1 Å². The van der Waals surface area contributed by atoms with Gasteiger partial charge >= 0.3 is 5.97 Å². The maximum atomic E-state index is 12.7. The molecule has 0 saturated heterocycles. The van der Waals surface area contributed by atoms with E-state index in [1.54, 1.807) is 0 Å². The van der Waals surface area contributed by atoms with Gasteiger partial charge in [-0.15, -0.1) is 0 Å². The molecule has 4 unspecified atom stereocenters. The van der Waals surface area contributed by atoms with E-state index in [9.17, 15) is 33.9 Å². The number of amides is 5. The number of imidazole rings is 1. The monoisotopic (exact) mass is 468 g/mol. The molecule has 0 saturated carbocycles. The van der Waals surface area contributed by atoms with Crippen LogP contribution in [0.3, 0.4) is 0 Å². The van der Waals surface area contributed by atoms with Crippen molar-refractivity contribution in [2.24, 2.45) is 17.2 Å². The SMILES string of the molecule is CC(NC(=O)C(Cc1cnc[nH]1)NC(=O)C(N)CC(N)=O)C(=O)NC(CCC(N)=O)C(=O)O. The summed E-state index contributed by atoms with van der Waals surface area (Å²) >= 11 is 0. The topological polar surface area (TPSA) is 265 Å². The third kappa shape index (κ3) is 9.77. The average Bonchev–Trinajstić information content (AvgIpc) is 3.22. The van der Waals surface area contributed by atoms with Gasteiger partial charge in [-0.3, -0.25) is 24.0 Å². The van der Waals surface area contributed by atoms with Crippen molar-refractivity contribution in [2.75, 3.05) is 0 Å². The van der Waals surface area contributed by atoms with Gasteiger partial charge < -0.3 is 43.2 Å². The number of rotatable bonds is 14. The number of carbonyl (C=O) groups is 6. The minimum atomic E-state index is -1.39. The number of nitrogens with two attached hydrogens (primary N) is 3. The number of hydrogen-bond donors (Lipinski definition) is 8. The predicted molar refractivity (Wildman–Crippen MR) is 112 cm³/mol. The van der Waals surface area contributed by atoms with Crippen LogP contribution in [0, 0.1) is 0 Å². The number of nitrogens with one attached hydrogen (secondary N) is 4. The summed E-state index contributed by atoms with van der Waals surface area (Å²) < 4.78 is 0. The van der Waals surface area contributed by atoms with Crippen molar-refractivity contribution in [1.82, 2.24) is 25.9 Å². The average molecular weight is 468 g/mol. The van der Waals surface area contributed by atoms with Gasteiger partial charge in [0.25, 0.3) is 0 Å². The number of aliphatic carboxylic acids is 1. The Bertz CT molecular complexity index is 873. The third-order valence-corrected chi connectivity index (χ3v) is 4.42. The minimum absolute atomic E-state index is 0.0500. The van der Waals surface area contributed by atoms with Gasteiger partial charge in [-0.05, 0) is 13.3 Å². The van der Waals surface area contributed by atoms with Gasteiger partial charge in [0.2, 0.25) is 29.5 Å². The molecule has 15 heteroatoms. The zero-order chi connectivity index (χ0) is 25.1. The van der Waals surface area contributed by atoms with Crippen LogP contribution in [0.2, 0.25) is 0 Å². The quantitative estimate of drug-likeness (QED) is 0.132. The second-order valence-corrected chi connectivity index (χ2v) is 7.25. The standard InChI is InChI=1S/C18H28N8O7/c1-8(15(29)25-11(18(32)33)2-3-13(20)27)24-17(31)12(4-9-6-22-7-23-9)26-16(30)10(19)5-14(21)28/h6-8,10-12H,2-5,19H2,1H3,(H2,20,27)(H2,21,28)(H,22,23)(H,24,31)(H,25,29)(H,26,30)(H,32,33). The molecule has 1 aromatic rings. The highest BCUT2D eigenvalue weighted by molar-refractivity contribution is 5.95. The molecule has 15 nitrogen and oxygen atoms in total. The van der Waals surface area contributed by atoms with E-state index >= 15 is 0 Å². The van der Waals surface area contributed by atoms with E-state index in [1.165, 1.54) is 19.4 Å². The van der Waals surface area contributed by atoms with E-state index in [0.29, 0.717) is 5.69 Å². The van der Waals surface area contributed by atoms with Crippen molar-refractivity contribution in [3.8, 4) is 0 Å². The van der Waals surface area contributed by atoms with Crippen LogP contribution in [0.5, 0.6) is 0 Å². The molecule has 0 aliphatic heterocycles. The highest BCUT2D eigenvalue weighted by Gasteiger charge is 2.29. The number of primary amides is 2. The molecule has 1 heterocycles. The van der Waals surface area contributed by atoms with E-state index < -0.39 is 66.1 Å². The molecule has 5 amide bonds. The summed E-state index contributed by atoms with van der Waals surface area (Å²) in [5.74, 6) is -5.35. The highest BCUT2D eigenvalue weighted by atomic mass is 16.4. The lowest BCUT2D eigenvalue weighted by Gasteiger charge is -2.23. The fraction of sp³-hybridized carbons (Fsp3) is 0.500. The molecule has 33 heavy (non-hydrogen) atoms. The van der Waals surface area contributed by atoms with Crippen molar-refractivity contribution in [3.05, 3.63) is 18.2 Å². The summed E-state index contributed by atoms with van der Waals surface area (Å²) in [7, 11) is 0. The second kappa shape index (κ2) is 12.7. The molecule has 182 valence electrons. The molecule has 0 radical (unpaired) electrons. The highest BCUT2D eigenvalue weighted by Crippen LogP contribution is 2.02. The Kier molecular flexibility index (Phi) is 10.4. The van der Waals surface area contributed by atoms with Gasteiger partial charge in [0, 0.05) is 24.7 Å². The van der Waals surface area contributed by atoms with Crippen molar-refractivity contribution in [2.45, 2.75) is 56.8 Å². The van der Waals surface area contributed by atoms with Crippen LogP contribution in [0.1, 0.15) is 31.9 Å². The lowest BCUT2D eigenvalue weighted by molar-refractivity contribution is -0.142. The van der Waals surface area contributed by atoms with Gasteiger partial charge in [0.05, 0.1) is 18.8 Å². The first kappa shape index (κ1) is 27.0. The molecule has 11 N–H and O–H groups in total. The van der Waals surface area contributed by atoms with E-state index in [1.807, 2.05) is 0 Å². The molecule has 4 atom stereocenters. The number of carboxylic acid groups (broad SMARTS) is 1. The number of H-pyrrole nitrogens is 1. The van der Waals surface area contributed by atoms with Gasteiger partial charge in [-0.2, -0.15) is 0 Å². The van der Waals surface area contributed by atoms with E-state index in [-0.39, 0.29) is 19.3 Å². The normalized spacial score (nSPS) is 14.2. The Balaban J connectivity index is 2.83. The third-order valence-electron chi connectivity index (χ3n) is 4.42. The first-order valence-electron chi connectivity index (χ1n) is 9.84. The van der Waals surface area contributed by atoms with Crippen LogP contribution in [-0.2, 0) is 35.2 Å². The minimum Gasteiger partial charge on any atom is -0.480 e. The molecule has 1 aromatic heterocycles. The molecular formula is C18H28N8O7. The molecule has 1 rings (SSSR count). The summed E-state index contributed by atoms with van der Waals surface area (Å²) in [4.78, 5) is 77.1. The molecule has 0 bridgehead atoms. The predicted octanol–water partition coefficient (Wildman–Crippen LogP) is -4.02. The number of hydrogen-bond acceptors (Lipinski definition) is 8. The van der Waals surface area contributed by atoms with Gasteiger partial charge in [0.15, 0.2) is 0 Å². The van der Waals surface area contributed by atoms with Crippen molar-refractivity contribution >= 4 is 35.5 Å². The smallest absolute Gasteiger partial charge is 0.326 e. The van der Waals surface area contributed by atoms with Crippen LogP contribution in [0.4, 0.5) is 0 Å². The van der Waals surface area contributed by atoms with Crippen LogP contribution < -0.4 is 33.2 Å². The molecule has 0 spiro atoms. The lowest BCUT2D eigenvalue weighted by Crippen LogP contribution is -2.57. The van der Waals surface area contributed by atoms with Crippen molar-refractivity contribution in [3.63, 3.8) is 0 Å². The Morgan fingerprint density at radius 1 is 1.00 bits per heavy atom. The van der Waals surface area contributed by atoms with Crippen molar-refractivity contribution in [1.29, 1.82) is 0 Å². The van der Waals surface area contributed by atoms with Crippen LogP contribution in [0.25, 0.3) is 0 Å². The Hall–Kier alpha value is -4.01. The largest absolute Gasteiger partial charge is 0.480 e. The van der Waals surface area contributed by atoms with E-state index in [2.05, 4.69) is 25.9 Å².